The van der Waals surface area contributed by atoms with Crippen LogP contribution < -0.4 is 10.1 Å². The van der Waals surface area contributed by atoms with Crippen LogP contribution >= 0.6 is 11.6 Å². The predicted molar refractivity (Wildman–Crippen MR) is 79.2 cm³/mol. The van der Waals surface area contributed by atoms with Crippen molar-refractivity contribution in [2.75, 3.05) is 11.9 Å². The number of anilines is 1. The molecule has 3 heteroatoms. The molecule has 0 saturated heterocycles. The third-order valence-electron chi connectivity index (χ3n) is 3.46. The number of halogens is 1. The highest BCUT2D eigenvalue weighted by Gasteiger charge is 2.21. The molecule has 2 nitrogen and oxygen atoms in total. The summed E-state index contributed by atoms with van der Waals surface area (Å²) in [6, 6.07) is 12.4. The second-order valence-corrected chi connectivity index (χ2v) is 5.40. The van der Waals surface area contributed by atoms with E-state index in [1.807, 2.05) is 19.1 Å². The highest BCUT2D eigenvalue weighted by Crippen LogP contribution is 2.37. The van der Waals surface area contributed by atoms with E-state index in [0.717, 1.165) is 28.6 Å². The van der Waals surface area contributed by atoms with Crippen molar-refractivity contribution >= 4 is 17.3 Å². The average Bonchev–Trinajstić information content (AvgIpc) is 2.40. The first-order chi connectivity index (χ1) is 9.13. The van der Waals surface area contributed by atoms with Crippen molar-refractivity contribution in [3.05, 3.63) is 58.1 Å². The molecular formula is C16H16ClNO. The van der Waals surface area contributed by atoms with Gasteiger partial charge < -0.3 is 10.1 Å². The van der Waals surface area contributed by atoms with Crippen molar-refractivity contribution in [3.8, 4) is 5.75 Å². The summed E-state index contributed by atoms with van der Waals surface area (Å²) in [6.45, 7) is 4.86. The Morgan fingerprint density at radius 2 is 1.89 bits per heavy atom. The van der Waals surface area contributed by atoms with Crippen LogP contribution in [0.15, 0.2) is 36.4 Å². The van der Waals surface area contributed by atoms with Crippen molar-refractivity contribution < 1.29 is 4.74 Å². The van der Waals surface area contributed by atoms with E-state index < -0.39 is 0 Å². The number of hydrogen-bond donors (Lipinski definition) is 1. The zero-order valence-electron chi connectivity index (χ0n) is 11.0. The summed E-state index contributed by atoms with van der Waals surface area (Å²) in [6.07, 6.45) is 0.0341. The number of fused-ring (bicyclic) bond motifs is 1. The van der Waals surface area contributed by atoms with Crippen molar-refractivity contribution in [1.82, 2.24) is 0 Å². The summed E-state index contributed by atoms with van der Waals surface area (Å²) in [5.41, 5.74) is 4.52. The number of hydrogen-bond acceptors (Lipinski definition) is 2. The van der Waals surface area contributed by atoms with E-state index in [4.69, 9.17) is 16.3 Å². The molecule has 0 aliphatic carbocycles. The fourth-order valence-corrected chi connectivity index (χ4v) is 2.42. The van der Waals surface area contributed by atoms with Gasteiger partial charge in [-0.1, -0.05) is 41.4 Å². The second kappa shape index (κ2) is 4.78. The summed E-state index contributed by atoms with van der Waals surface area (Å²) < 4.78 is 6.05. The van der Waals surface area contributed by atoms with E-state index >= 15 is 0 Å². The summed E-state index contributed by atoms with van der Waals surface area (Å²) in [5.74, 6) is 0.826. The maximum Gasteiger partial charge on any atom is 0.144 e. The Labute approximate surface area is 118 Å². The number of aryl methyl sites for hydroxylation is 2. The third kappa shape index (κ3) is 2.41. The maximum atomic E-state index is 6.15. The number of ether oxygens (including phenoxy) is 1. The molecule has 3 rings (SSSR count). The third-order valence-corrected chi connectivity index (χ3v) is 3.86. The molecule has 0 aromatic heterocycles. The standard InChI is InChI=1S/C16H16ClNO/c1-10-3-5-12(6-4-10)16-9-18-14-7-11(2)13(17)8-15(14)19-16/h3-8,16,18H,9H2,1-2H3. The summed E-state index contributed by atoms with van der Waals surface area (Å²) in [4.78, 5) is 0. The molecule has 1 heterocycles. The molecule has 1 unspecified atom stereocenters. The summed E-state index contributed by atoms with van der Waals surface area (Å²) in [5, 5.41) is 4.15. The highest BCUT2D eigenvalue weighted by atomic mass is 35.5. The van der Waals surface area contributed by atoms with Crippen molar-refractivity contribution in [2.45, 2.75) is 20.0 Å². The largest absolute Gasteiger partial charge is 0.482 e. The van der Waals surface area contributed by atoms with E-state index in [2.05, 4.69) is 36.5 Å². The van der Waals surface area contributed by atoms with Crippen LogP contribution in [0.4, 0.5) is 5.69 Å². The molecule has 0 radical (unpaired) electrons. The Hall–Kier alpha value is -1.67. The Morgan fingerprint density at radius 1 is 1.16 bits per heavy atom. The summed E-state index contributed by atoms with van der Waals surface area (Å²) >= 11 is 6.15. The van der Waals surface area contributed by atoms with Gasteiger partial charge in [0.25, 0.3) is 0 Å². The molecule has 1 aliphatic heterocycles. The Balaban J connectivity index is 1.89. The van der Waals surface area contributed by atoms with Crippen LogP contribution in [0.1, 0.15) is 22.8 Å². The highest BCUT2D eigenvalue weighted by molar-refractivity contribution is 6.31. The molecule has 19 heavy (non-hydrogen) atoms. The maximum absolute atomic E-state index is 6.15. The molecule has 1 N–H and O–H groups in total. The molecule has 2 aromatic carbocycles. The van der Waals surface area contributed by atoms with Crippen LogP contribution in [0.25, 0.3) is 0 Å². The Morgan fingerprint density at radius 3 is 2.63 bits per heavy atom. The zero-order valence-corrected chi connectivity index (χ0v) is 11.8. The molecule has 98 valence electrons. The molecule has 1 aliphatic rings. The fraction of sp³-hybridized carbons (Fsp3) is 0.250. The van der Waals surface area contributed by atoms with E-state index in [1.54, 1.807) is 0 Å². The van der Waals surface area contributed by atoms with Crippen LogP contribution in [0, 0.1) is 13.8 Å². The van der Waals surface area contributed by atoms with Crippen LogP contribution in [0.2, 0.25) is 5.02 Å². The normalized spacial score (nSPS) is 17.3. The van der Waals surface area contributed by atoms with Gasteiger partial charge in [-0.3, -0.25) is 0 Å². The SMILES string of the molecule is Cc1ccc(C2CNc3cc(C)c(Cl)cc3O2)cc1. The van der Waals surface area contributed by atoms with Gasteiger partial charge in [0.05, 0.1) is 12.2 Å². The minimum absolute atomic E-state index is 0.0341. The van der Waals surface area contributed by atoms with E-state index in [0.29, 0.717) is 0 Å². The molecule has 0 amide bonds. The van der Waals surface area contributed by atoms with Gasteiger partial charge in [-0.25, -0.2) is 0 Å². The fourth-order valence-electron chi connectivity index (χ4n) is 2.26. The lowest BCUT2D eigenvalue weighted by Gasteiger charge is -2.28. The molecule has 0 spiro atoms. The first-order valence-electron chi connectivity index (χ1n) is 6.41. The van der Waals surface area contributed by atoms with Gasteiger partial charge in [-0.15, -0.1) is 0 Å². The Bertz CT molecular complexity index is 607. The van der Waals surface area contributed by atoms with E-state index in [9.17, 15) is 0 Å². The van der Waals surface area contributed by atoms with Gasteiger partial charge in [0.15, 0.2) is 0 Å². The zero-order chi connectivity index (χ0) is 13.4. The average molecular weight is 274 g/mol. The first kappa shape index (κ1) is 12.4. The van der Waals surface area contributed by atoms with Gasteiger partial charge in [-0.2, -0.15) is 0 Å². The van der Waals surface area contributed by atoms with Crippen molar-refractivity contribution in [3.63, 3.8) is 0 Å². The molecule has 2 aromatic rings. The van der Waals surface area contributed by atoms with Gasteiger partial charge in [0.1, 0.15) is 11.9 Å². The smallest absolute Gasteiger partial charge is 0.144 e. The van der Waals surface area contributed by atoms with E-state index in [1.165, 1.54) is 11.1 Å². The number of rotatable bonds is 1. The van der Waals surface area contributed by atoms with Gasteiger partial charge in [-0.05, 0) is 31.0 Å². The van der Waals surface area contributed by atoms with Crippen LogP contribution in [-0.4, -0.2) is 6.54 Å². The predicted octanol–water partition coefficient (Wildman–Crippen LogP) is 4.50. The van der Waals surface area contributed by atoms with Crippen molar-refractivity contribution in [1.29, 1.82) is 0 Å². The number of nitrogens with one attached hydrogen (secondary N) is 1. The lowest BCUT2D eigenvalue weighted by molar-refractivity contribution is 0.210. The van der Waals surface area contributed by atoms with Crippen LogP contribution in [0.5, 0.6) is 5.75 Å². The van der Waals surface area contributed by atoms with Gasteiger partial charge in [0, 0.05) is 11.1 Å². The minimum atomic E-state index is 0.0341. The summed E-state index contributed by atoms with van der Waals surface area (Å²) in [7, 11) is 0. The molecule has 0 fully saturated rings. The second-order valence-electron chi connectivity index (χ2n) is 5.00. The molecule has 1 atom stereocenters. The monoisotopic (exact) mass is 273 g/mol. The van der Waals surface area contributed by atoms with E-state index in [-0.39, 0.29) is 6.10 Å². The van der Waals surface area contributed by atoms with Crippen molar-refractivity contribution in [2.24, 2.45) is 0 Å². The first-order valence-corrected chi connectivity index (χ1v) is 6.78. The molecule has 0 saturated carbocycles. The molecule has 0 bridgehead atoms. The van der Waals surface area contributed by atoms with Gasteiger partial charge in [0.2, 0.25) is 0 Å². The lowest BCUT2D eigenvalue weighted by Crippen LogP contribution is -2.23. The molecular weight excluding hydrogens is 258 g/mol. The van der Waals surface area contributed by atoms with Crippen LogP contribution in [0.3, 0.4) is 0 Å². The quantitative estimate of drug-likeness (QED) is 0.826. The Kier molecular flexibility index (Phi) is 3.11. The van der Waals surface area contributed by atoms with Gasteiger partial charge >= 0.3 is 0 Å². The number of benzene rings is 2. The van der Waals surface area contributed by atoms with Crippen LogP contribution in [-0.2, 0) is 0 Å². The lowest BCUT2D eigenvalue weighted by atomic mass is 10.1. The minimum Gasteiger partial charge on any atom is -0.482 e. The topological polar surface area (TPSA) is 21.3 Å².